The minimum absolute atomic E-state index is 0.234. The van der Waals surface area contributed by atoms with Crippen LogP contribution >= 0.6 is 0 Å². The zero-order valence-electron chi connectivity index (χ0n) is 7.66. The maximum Gasteiger partial charge on any atom is 0.315 e. The van der Waals surface area contributed by atoms with Crippen molar-refractivity contribution in [3.05, 3.63) is 12.2 Å². The van der Waals surface area contributed by atoms with Crippen molar-refractivity contribution in [3.8, 4) is 0 Å². The first-order valence-corrected chi connectivity index (χ1v) is 3.89. The summed E-state index contributed by atoms with van der Waals surface area (Å²) >= 11 is 0. The van der Waals surface area contributed by atoms with Crippen molar-refractivity contribution in [1.82, 2.24) is 15.0 Å². The Bertz CT molecular complexity index is 337. The summed E-state index contributed by atoms with van der Waals surface area (Å²) in [5.41, 5.74) is 0. The molecule has 1 amide bonds. The summed E-state index contributed by atoms with van der Waals surface area (Å²) in [7, 11) is 0. The molecule has 1 heterocycles. The van der Waals surface area contributed by atoms with Gasteiger partial charge in [0, 0.05) is 13.5 Å². The highest BCUT2D eigenvalue weighted by atomic mass is 19.1. The number of carbonyl (C=O) groups is 1. The summed E-state index contributed by atoms with van der Waals surface area (Å²) in [6, 6.07) is 0. The number of rotatable bonds is 2. The number of halogens is 2. The topological polar surface area (TPSA) is 59.0 Å². The maximum absolute atomic E-state index is 12.5. The lowest BCUT2D eigenvalue weighted by atomic mass is 10.5. The Morgan fingerprint density at radius 3 is 2.14 bits per heavy atom. The maximum atomic E-state index is 12.5. The molecule has 0 spiro atoms. The molecular weight excluding hydrogens is 194 g/mol. The summed E-state index contributed by atoms with van der Waals surface area (Å²) in [4.78, 5) is 21.1. The average Bonchev–Trinajstić information content (AvgIpc) is 2.02. The van der Waals surface area contributed by atoms with Crippen LogP contribution in [0, 0.1) is 12.2 Å². The molecule has 0 aliphatic rings. The van der Waals surface area contributed by atoms with E-state index < -0.39 is 18.1 Å². The molecule has 0 saturated carbocycles. The van der Waals surface area contributed by atoms with E-state index in [1.165, 1.54) is 6.92 Å². The third-order valence-electron chi connectivity index (χ3n) is 1.51. The molecule has 0 aliphatic carbocycles. The fourth-order valence-electron chi connectivity index (χ4n) is 0.942. The van der Waals surface area contributed by atoms with Crippen LogP contribution in [0.15, 0.2) is 0 Å². The van der Waals surface area contributed by atoms with Crippen LogP contribution in [0.3, 0.4) is 0 Å². The van der Waals surface area contributed by atoms with E-state index in [1.54, 1.807) is 6.92 Å². The van der Waals surface area contributed by atoms with Gasteiger partial charge in [-0.05, 0) is 6.92 Å². The molecule has 14 heavy (non-hydrogen) atoms. The largest absolute Gasteiger partial charge is 0.315 e. The van der Waals surface area contributed by atoms with Crippen molar-refractivity contribution in [1.29, 1.82) is 0 Å². The van der Waals surface area contributed by atoms with E-state index in [0.717, 1.165) is 4.90 Å². The van der Waals surface area contributed by atoms with E-state index in [4.69, 9.17) is 0 Å². The van der Waals surface area contributed by atoms with Crippen LogP contribution in [0.25, 0.3) is 0 Å². The van der Waals surface area contributed by atoms with Gasteiger partial charge >= 0.3 is 12.2 Å². The first kappa shape index (κ1) is 10.4. The summed E-state index contributed by atoms with van der Waals surface area (Å²) in [6.45, 7) is 3.13. The number of carbonyl (C=O) groups excluding carboxylic acids is 1. The second-order valence-corrected chi connectivity index (χ2v) is 2.44. The molecule has 0 unspecified atom stereocenters. The Hall–Kier alpha value is -1.66. The first-order valence-electron chi connectivity index (χ1n) is 3.89. The molecule has 76 valence electrons. The highest BCUT2D eigenvalue weighted by Gasteiger charge is 2.15. The lowest BCUT2D eigenvalue weighted by molar-refractivity contribution is -0.116. The lowest BCUT2D eigenvalue weighted by Gasteiger charge is -2.15. The minimum Gasteiger partial charge on any atom is -0.281 e. The predicted molar refractivity (Wildman–Crippen MR) is 43.4 cm³/mol. The number of hydrogen-bond donors (Lipinski definition) is 0. The second-order valence-electron chi connectivity index (χ2n) is 2.44. The first-order chi connectivity index (χ1) is 6.54. The van der Waals surface area contributed by atoms with Gasteiger partial charge in [0.15, 0.2) is 0 Å². The third-order valence-corrected chi connectivity index (χ3v) is 1.51. The molecule has 0 saturated heterocycles. The van der Waals surface area contributed by atoms with Crippen molar-refractivity contribution in [3.63, 3.8) is 0 Å². The van der Waals surface area contributed by atoms with Gasteiger partial charge in [0.25, 0.3) is 0 Å². The number of anilines is 1. The smallest absolute Gasteiger partial charge is 0.281 e. The van der Waals surface area contributed by atoms with E-state index in [-0.39, 0.29) is 12.5 Å². The van der Waals surface area contributed by atoms with Crippen LogP contribution in [0.1, 0.15) is 13.8 Å². The summed E-state index contributed by atoms with van der Waals surface area (Å²) in [5, 5.41) is 0. The molecule has 1 aromatic heterocycles. The number of amides is 1. The number of nitrogens with zero attached hydrogens (tertiary/aromatic N) is 4. The van der Waals surface area contributed by atoms with Crippen LogP contribution in [0.4, 0.5) is 14.7 Å². The molecule has 7 heteroatoms. The quantitative estimate of drug-likeness (QED) is 0.701. The van der Waals surface area contributed by atoms with E-state index >= 15 is 0 Å². The van der Waals surface area contributed by atoms with Crippen molar-refractivity contribution >= 4 is 11.9 Å². The highest BCUT2D eigenvalue weighted by molar-refractivity contribution is 5.89. The van der Waals surface area contributed by atoms with Gasteiger partial charge in [0.2, 0.25) is 11.9 Å². The van der Waals surface area contributed by atoms with Gasteiger partial charge in [0.1, 0.15) is 0 Å². The van der Waals surface area contributed by atoms with Crippen molar-refractivity contribution in [2.45, 2.75) is 13.8 Å². The molecule has 0 bridgehead atoms. The van der Waals surface area contributed by atoms with Gasteiger partial charge in [-0.15, -0.1) is 0 Å². The SMILES string of the molecule is CCN(C(C)=O)c1nc(F)nc(F)n1. The Morgan fingerprint density at radius 2 is 1.79 bits per heavy atom. The van der Waals surface area contributed by atoms with Crippen molar-refractivity contribution < 1.29 is 13.6 Å². The monoisotopic (exact) mass is 202 g/mol. The van der Waals surface area contributed by atoms with Gasteiger partial charge in [-0.1, -0.05) is 0 Å². The van der Waals surface area contributed by atoms with E-state index in [0.29, 0.717) is 0 Å². The fourth-order valence-corrected chi connectivity index (χ4v) is 0.942. The fraction of sp³-hybridized carbons (Fsp3) is 0.429. The zero-order chi connectivity index (χ0) is 10.7. The highest BCUT2D eigenvalue weighted by Crippen LogP contribution is 2.06. The lowest BCUT2D eigenvalue weighted by Crippen LogP contribution is -2.30. The van der Waals surface area contributed by atoms with Gasteiger partial charge in [0.05, 0.1) is 0 Å². The third kappa shape index (κ3) is 2.18. The standard InChI is InChI=1S/C7H8F2N4O/c1-3-13(4(2)14)7-11-5(8)10-6(9)12-7/h3H2,1-2H3. The van der Waals surface area contributed by atoms with Gasteiger partial charge in [-0.3, -0.25) is 9.69 Å². The molecule has 1 rings (SSSR count). The van der Waals surface area contributed by atoms with Crippen molar-refractivity contribution in [2.24, 2.45) is 0 Å². The molecule has 0 atom stereocenters. The Balaban J connectivity index is 3.10. The Morgan fingerprint density at radius 1 is 1.29 bits per heavy atom. The van der Waals surface area contributed by atoms with Gasteiger partial charge in [-0.2, -0.15) is 23.7 Å². The van der Waals surface area contributed by atoms with E-state index in [9.17, 15) is 13.6 Å². The molecule has 0 fully saturated rings. The van der Waals surface area contributed by atoms with Gasteiger partial charge < -0.3 is 0 Å². The molecular formula is C7H8F2N4O. The predicted octanol–water partition coefficient (Wildman–Crippen LogP) is 0.523. The summed E-state index contributed by atoms with van der Waals surface area (Å²) in [6.07, 6.45) is -2.49. The Kier molecular flexibility index (Phi) is 3.00. The van der Waals surface area contributed by atoms with Crippen LogP contribution in [0.5, 0.6) is 0 Å². The van der Waals surface area contributed by atoms with Crippen LogP contribution in [-0.2, 0) is 4.79 Å². The van der Waals surface area contributed by atoms with E-state index in [1.807, 2.05) is 0 Å². The summed E-state index contributed by atoms with van der Waals surface area (Å²) < 4.78 is 25.1. The average molecular weight is 202 g/mol. The van der Waals surface area contributed by atoms with Crippen LogP contribution < -0.4 is 4.90 Å². The minimum atomic E-state index is -1.24. The molecule has 5 nitrogen and oxygen atoms in total. The normalized spacial score (nSPS) is 10.0. The van der Waals surface area contributed by atoms with Crippen molar-refractivity contribution in [2.75, 3.05) is 11.4 Å². The van der Waals surface area contributed by atoms with Crippen LogP contribution in [0.2, 0.25) is 0 Å². The number of aromatic nitrogens is 3. The van der Waals surface area contributed by atoms with E-state index in [2.05, 4.69) is 15.0 Å². The molecule has 1 aromatic rings. The molecule has 0 N–H and O–H groups in total. The molecule has 0 aliphatic heterocycles. The molecule has 0 aromatic carbocycles. The second kappa shape index (κ2) is 4.03. The van der Waals surface area contributed by atoms with Gasteiger partial charge in [-0.25, -0.2) is 0 Å². The van der Waals surface area contributed by atoms with Crippen LogP contribution in [-0.4, -0.2) is 27.4 Å². The molecule has 0 radical (unpaired) electrons. The number of hydrogen-bond acceptors (Lipinski definition) is 4. The zero-order valence-corrected chi connectivity index (χ0v) is 7.66. The Labute approximate surface area is 78.8 Å². The summed E-state index contributed by atoms with van der Waals surface area (Å²) in [5.74, 6) is -0.706.